The van der Waals surface area contributed by atoms with Crippen LogP contribution < -0.4 is 10.6 Å². The molecule has 1 saturated heterocycles. The molecule has 7 nitrogen and oxygen atoms in total. The molecule has 3 amide bonds. The van der Waals surface area contributed by atoms with Crippen LogP contribution in [0.4, 0.5) is 20.6 Å². The fraction of sp³-hybridized carbons (Fsp3) is 0.231. The molecule has 0 saturated carbocycles. The Morgan fingerprint density at radius 3 is 2.41 bits per heavy atom. The maximum absolute atomic E-state index is 14.3. The summed E-state index contributed by atoms with van der Waals surface area (Å²) in [6, 6.07) is 15.1. The Hall–Kier alpha value is -2.95. The summed E-state index contributed by atoms with van der Waals surface area (Å²) in [4.78, 5) is 27.1. The van der Waals surface area contributed by atoms with Crippen LogP contribution in [0.15, 0.2) is 70.0 Å². The van der Waals surface area contributed by atoms with Crippen LogP contribution >= 0.6 is 27.5 Å². The SMILES string of the molecule is CS(=O)(=O)c1cccc(C(=O)Nc2ccc(NC(=O)N3CCC(c4ccc(Br)cc4F)CC3)cc2Cl)c1. The summed E-state index contributed by atoms with van der Waals surface area (Å²) in [5, 5.41) is 5.66. The average Bonchev–Trinajstić information content (AvgIpc) is 2.85. The Morgan fingerprint density at radius 2 is 1.76 bits per heavy atom. The van der Waals surface area contributed by atoms with Crippen LogP contribution in [0.2, 0.25) is 5.02 Å². The van der Waals surface area contributed by atoms with E-state index in [9.17, 15) is 22.4 Å². The van der Waals surface area contributed by atoms with Crippen molar-refractivity contribution >= 4 is 60.7 Å². The number of halogens is 3. The quantitative estimate of drug-likeness (QED) is 0.355. The lowest BCUT2D eigenvalue weighted by atomic mass is 9.89. The molecule has 37 heavy (non-hydrogen) atoms. The largest absolute Gasteiger partial charge is 0.324 e. The van der Waals surface area contributed by atoms with E-state index in [2.05, 4.69) is 26.6 Å². The number of sulfone groups is 1. The molecule has 0 spiro atoms. The predicted molar refractivity (Wildman–Crippen MR) is 146 cm³/mol. The predicted octanol–water partition coefficient (Wildman–Crippen LogP) is 6.31. The van der Waals surface area contributed by atoms with Crippen LogP contribution in [0.3, 0.4) is 0 Å². The topological polar surface area (TPSA) is 95.6 Å². The van der Waals surface area contributed by atoms with Gasteiger partial charge in [0.1, 0.15) is 5.82 Å². The van der Waals surface area contributed by atoms with E-state index in [-0.39, 0.29) is 33.2 Å². The third-order valence-electron chi connectivity index (χ3n) is 6.18. The number of nitrogens with zero attached hydrogens (tertiary/aromatic N) is 1. The van der Waals surface area contributed by atoms with E-state index in [1.54, 1.807) is 23.1 Å². The van der Waals surface area contributed by atoms with Crippen molar-refractivity contribution in [3.63, 3.8) is 0 Å². The van der Waals surface area contributed by atoms with E-state index in [1.807, 2.05) is 6.07 Å². The van der Waals surface area contributed by atoms with Gasteiger partial charge in [0.2, 0.25) is 0 Å². The second kappa shape index (κ2) is 11.2. The fourth-order valence-electron chi connectivity index (χ4n) is 4.19. The monoisotopic (exact) mass is 607 g/mol. The maximum atomic E-state index is 14.3. The Labute approximate surface area is 228 Å². The highest BCUT2D eigenvalue weighted by Crippen LogP contribution is 2.32. The first kappa shape index (κ1) is 27.1. The number of rotatable bonds is 5. The van der Waals surface area contributed by atoms with Crippen molar-refractivity contribution in [2.24, 2.45) is 0 Å². The molecule has 3 aromatic rings. The molecule has 0 radical (unpaired) electrons. The molecule has 0 aromatic heterocycles. The van der Waals surface area contributed by atoms with Crippen LogP contribution in [-0.4, -0.2) is 44.6 Å². The molecule has 0 atom stereocenters. The van der Waals surface area contributed by atoms with Crippen LogP contribution in [0.1, 0.15) is 34.7 Å². The summed E-state index contributed by atoms with van der Waals surface area (Å²) >= 11 is 9.60. The molecule has 3 aromatic carbocycles. The maximum Gasteiger partial charge on any atom is 0.321 e. The van der Waals surface area contributed by atoms with Gasteiger partial charge >= 0.3 is 6.03 Å². The molecular formula is C26H24BrClFN3O4S. The van der Waals surface area contributed by atoms with Crippen molar-refractivity contribution in [2.45, 2.75) is 23.7 Å². The van der Waals surface area contributed by atoms with Gasteiger partial charge in [-0.25, -0.2) is 17.6 Å². The van der Waals surface area contributed by atoms with E-state index in [0.717, 1.165) is 6.26 Å². The Bertz CT molecular complexity index is 1460. The van der Waals surface area contributed by atoms with Gasteiger partial charge < -0.3 is 15.5 Å². The zero-order valence-corrected chi connectivity index (χ0v) is 23.0. The highest BCUT2D eigenvalue weighted by molar-refractivity contribution is 9.10. The molecule has 2 N–H and O–H groups in total. The van der Waals surface area contributed by atoms with Gasteiger partial charge in [0.25, 0.3) is 5.91 Å². The molecule has 194 valence electrons. The number of carbonyl (C=O) groups is 2. The minimum absolute atomic E-state index is 0.0373. The van der Waals surface area contributed by atoms with Gasteiger partial charge in [-0.3, -0.25) is 4.79 Å². The minimum Gasteiger partial charge on any atom is -0.324 e. The van der Waals surface area contributed by atoms with Gasteiger partial charge in [-0.2, -0.15) is 0 Å². The first-order valence-electron chi connectivity index (χ1n) is 11.4. The second-order valence-corrected chi connectivity index (χ2v) is 12.1. The standard InChI is InChI=1S/C26H24BrClFN3O4S/c1-37(35,36)20-4-2-3-17(13-20)25(33)31-24-8-6-19(15-22(24)28)30-26(34)32-11-9-16(10-12-32)21-7-5-18(27)14-23(21)29/h2-8,13-16H,9-12H2,1H3,(H,30,34)(H,31,33). The first-order chi connectivity index (χ1) is 17.5. The van der Waals surface area contributed by atoms with Crippen molar-refractivity contribution < 1.29 is 22.4 Å². The average molecular weight is 609 g/mol. The van der Waals surface area contributed by atoms with Crippen LogP contribution in [0.5, 0.6) is 0 Å². The zero-order valence-electron chi connectivity index (χ0n) is 19.8. The van der Waals surface area contributed by atoms with Gasteiger partial charge in [-0.1, -0.05) is 39.7 Å². The summed E-state index contributed by atoms with van der Waals surface area (Å²) < 4.78 is 38.5. The van der Waals surface area contributed by atoms with Crippen molar-refractivity contribution in [2.75, 3.05) is 30.0 Å². The lowest BCUT2D eigenvalue weighted by Gasteiger charge is -2.32. The third kappa shape index (κ3) is 6.68. The van der Waals surface area contributed by atoms with Gasteiger partial charge in [0.15, 0.2) is 9.84 Å². The Morgan fingerprint density at radius 1 is 1.03 bits per heavy atom. The molecule has 0 aliphatic carbocycles. The smallest absolute Gasteiger partial charge is 0.321 e. The highest BCUT2D eigenvalue weighted by Gasteiger charge is 2.26. The lowest BCUT2D eigenvalue weighted by molar-refractivity contribution is 0.102. The van der Waals surface area contributed by atoms with Crippen LogP contribution in [0, 0.1) is 5.82 Å². The number of urea groups is 1. The van der Waals surface area contributed by atoms with E-state index in [1.165, 1.54) is 36.4 Å². The summed E-state index contributed by atoms with van der Waals surface area (Å²) in [6.45, 7) is 0.973. The summed E-state index contributed by atoms with van der Waals surface area (Å²) in [6.07, 6.45) is 2.37. The Kier molecular flexibility index (Phi) is 8.20. The van der Waals surface area contributed by atoms with Crippen molar-refractivity contribution in [3.8, 4) is 0 Å². The number of piperidine rings is 1. The summed E-state index contributed by atoms with van der Waals surface area (Å²) in [7, 11) is -3.46. The zero-order chi connectivity index (χ0) is 26.7. The minimum atomic E-state index is -3.46. The molecular weight excluding hydrogens is 585 g/mol. The van der Waals surface area contributed by atoms with Gasteiger partial charge in [-0.15, -0.1) is 0 Å². The highest BCUT2D eigenvalue weighted by atomic mass is 79.9. The van der Waals surface area contributed by atoms with Crippen LogP contribution in [-0.2, 0) is 9.84 Å². The number of hydrogen-bond donors (Lipinski definition) is 2. The van der Waals surface area contributed by atoms with Crippen molar-refractivity contribution in [1.29, 1.82) is 0 Å². The normalized spacial score (nSPS) is 14.3. The van der Waals surface area contributed by atoms with Crippen molar-refractivity contribution in [3.05, 3.63) is 87.1 Å². The first-order valence-corrected chi connectivity index (χ1v) is 14.5. The second-order valence-electron chi connectivity index (χ2n) is 8.81. The molecule has 1 aliphatic rings. The number of amides is 3. The van der Waals surface area contributed by atoms with Gasteiger partial charge in [-0.05, 0) is 72.9 Å². The summed E-state index contributed by atoms with van der Waals surface area (Å²) in [5.74, 6) is -0.718. The number of carbonyl (C=O) groups excluding carboxylic acids is 2. The van der Waals surface area contributed by atoms with Gasteiger partial charge in [0.05, 0.1) is 15.6 Å². The number of benzene rings is 3. The molecule has 1 heterocycles. The lowest BCUT2D eigenvalue weighted by Crippen LogP contribution is -2.40. The van der Waals surface area contributed by atoms with E-state index < -0.39 is 15.7 Å². The number of nitrogens with one attached hydrogen (secondary N) is 2. The number of anilines is 2. The molecule has 1 fully saturated rings. The fourth-order valence-corrected chi connectivity index (χ4v) is 5.41. The van der Waals surface area contributed by atoms with E-state index in [0.29, 0.717) is 47.3 Å². The van der Waals surface area contributed by atoms with Crippen molar-refractivity contribution in [1.82, 2.24) is 4.90 Å². The van der Waals surface area contributed by atoms with Gasteiger partial charge in [0, 0.05) is 35.1 Å². The number of hydrogen-bond acceptors (Lipinski definition) is 4. The van der Waals surface area contributed by atoms with E-state index in [4.69, 9.17) is 11.6 Å². The van der Waals surface area contributed by atoms with E-state index >= 15 is 0 Å². The number of likely N-dealkylation sites (tertiary alicyclic amines) is 1. The molecule has 0 unspecified atom stereocenters. The summed E-state index contributed by atoms with van der Waals surface area (Å²) in [5.41, 5.74) is 1.60. The van der Waals surface area contributed by atoms with Crippen LogP contribution in [0.25, 0.3) is 0 Å². The molecule has 11 heteroatoms. The molecule has 1 aliphatic heterocycles. The molecule has 0 bridgehead atoms. The third-order valence-corrected chi connectivity index (χ3v) is 8.09. The molecule has 4 rings (SSSR count). The Balaban J connectivity index is 1.35.